The molecule has 2 atom stereocenters. The zero-order chi connectivity index (χ0) is 9.97. The maximum absolute atomic E-state index is 5.90. The van der Waals surface area contributed by atoms with E-state index in [1.165, 1.54) is 12.0 Å². The van der Waals surface area contributed by atoms with Gasteiger partial charge >= 0.3 is 0 Å². The van der Waals surface area contributed by atoms with Gasteiger partial charge in [0.05, 0.1) is 7.11 Å². The van der Waals surface area contributed by atoms with Gasteiger partial charge < -0.3 is 10.5 Å². The number of benzene rings is 1. The molecule has 0 radical (unpaired) electrons. The number of hydrogen-bond acceptors (Lipinski definition) is 2. The first-order valence-corrected chi connectivity index (χ1v) is 5.19. The monoisotopic (exact) mass is 227 g/mol. The topological polar surface area (TPSA) is 35.2 Å². The Bertz CT molecular complexity index is 316. The van der Waals surface area contributed by atoms with E-state index in [0.29, 0.717) is 12.0 Å². The van der Waals surface area contributed by atoms with Crippen LogP contribution in [0.4, 0.5) is 0 Å². The summed E-state index contributed by atoms with van der Waals surface area (Å²) in [6, 6.07) is 8.73. The van der Waals surface area contributed by atoms with Crippen molar-refractivity contribution in [1.29, 1.82) is 0 Å². The van der Waals surface area contributed by atoms with Crippen LogP contribution in [0.5, 0.6) is 5.75 Å². The Balaban J connectivity index is 0.00000112. The number of halogens is 1. The minimum atomic E-state index is 0. The van der Waals surface area contributed by atoms with Gasteiger partial charge in [-0.2, -0.15) is 0 Å². The Labute approximate surface area is 97.2 Å². The van der Waals surface area contributed by atoms with Crippen molar-refractivity contribution in [2.45, 2.75) is 31.2 Å². The molecule has 0 heterocycles. The molecule has 1 aliphatic rings. The molecule has 0 spiro atoms. The Morgan fingerprint density at radius 1 is 1.33 bits per heavy atom. The van der Waals surface area contributed by atoms with Gasteiger partial charge in [-0.3, -0.25) is 0 Å². The number of nitrogens with two attached hydrogens (primary N) is 1. The maximum atomic E-state index is 5.90. The van der Waals surface area contributed by atoms with Crippen molar-refractivity contribution in [3.05, 3.63) is 29.8 Å². The first-order chi connectivity index (χ1) is 6.79. The highest BCUT2D eigenvalue weighted by atomic mass is 35.5. The van der Waals surface area contributed by atoms with Gasteiger partial charge in [0.1, 0.15) is 5.75 Å². The lowest BCUT2D eigenvalue weighted by atomic mass is 9.97. The summed E-state index contributed by atoms with van der Waals surface area (Å²) in [5.74, 6) is 1.59. The van der Waals surface area contributed by atoms with Crippen molar-refractivity contribution in [3.63, 3.8) is 0 Å². The lowest BCUT2D eigenvalue weighted by Gasteiger charge is -2.10. The smallest absolute Gasteiger partial charge is 0.119 e. The minimum Gasteiger partial charge on any atom is -0.497 e. The van der Waals surface area contributed by atoms with Crippen molar-refractivity contribution in [1.82, 2.24) is 0 Å². The van der Waals surface area contributed by atoms with Crippen molar-refractivity contribution in [2.75, 3.05) is 7.11 Å². The van der Waals surface area contributed by atoms with Crippen molar-refractivity contribution >= 4 is 12.4 Å². The fourth-order valence-corrected chi connectivity index (χ4v) is 2.21. The minimum absolute atomic E-state index is 0. The zero-order valence-corrected chi connectivity index (χ0v) is 9.80. The number of rotatable bonds is 2. The SMILES string of the molecule is COc1cccc(C2CCC(N)C2)c1.Cl. The predicted octanol–water partition coefficient (Wildman–Crippen LogP) is 2.71. The van der Waals surface area contributed by atoms with E-state index in [-0.39, 0.29) is 12.4 Å². The molecule has 2 rings (SSSR count). The van der Waals surface area contributed by atoms with Gasteiger partial charge in [0.15, 0.2) is 0 Å². The van der Waals surface area contributed by atoms with Crippen LogP contribution >= 0.6 is 12.4 Å². The van der Waals surface area contributed by atoms with Crippen LogP contribution < -0.4 is 10.5 Å². The van der Waals surface area contributed by atoms with Gasteiger partial charge in [-0.1, -0.05) is 12.1 Å². The highest BCUT2D eigenvalue weighted by molar-refractivity contribution is 5.85. The third kappa shape index (κ3) is 2.86. The van der Waals surface area contributed by atoms with Crippen molar-refractivity contribution < 1.29 is 4.74 Å². The maximum Gasteiger partial charge on any atom is 0.119 e. The van der Waals surface area contributed by atoms with E-state index < -0.39 is 0 Å². The molecule has 2 N–H and O–H groups in total. The summed E-state index contributed by atoms with van der Waals surface area (Å²) in [5, 5.41) is 0. The molecule has 1 fully saturated rings. The summed E-state index contributed by atoms with van der Waals surface area (Å²) in [5.41, 5.74) is 7.27. The summed E-state index contributed by atoms with van der Waals surface area (Å²) in [4.78, 5) is 0. The first-order valence-electron chi connectivity index (χ1n) is 5.19. The van der Waals surface area contributed by atoms with Crippen LogP contribution in [0.2, 0.25) is 0 Å². The molecule has 0 saturated heterocycles. The van der Waals surface area contributed by atoms with E-state index in [1.807, 2.05) is 6.07 Å². The van der Waals surface area contributed by atoms with E-state index in [0.717, 1.165) is 18.6 Å². The van der Waals surface area contributed by atoms with Crippen molar-refractivity contribution in [3.8, 4) is 5.75 Å². The van der Waals surface area contributed by atoms with Crippen LogP contribution in [0.1, 0.15) is 30.7 Å². The molecule has 1 aliphatic carbocycles. The number of hydrogen-bond donors (Lipinski definition) is 1. The van der Waals surface area contributed by atoms with Crippen LogP contribution in [0.15, 0.2) is 24.3 Å². The molecule has 15 heavy (non-hydrogen) atoms. The Morgan fingerprint density at radius 3 is 2.73 bits per heavy atom. The molecule has 0 aliphatic heterocycles. The second kappa shape index (κ2) is 5.38. The van der Waals surface area contributed by atoms with Crippen LogP contribution in [0.25, 0.3) is 0 Å². The van der Waals surface area contributed by atoms with Crippen molar-refractivity contribution in [2.24, 2.45) is 5.73 Å². The number of methoxy groups -OCH3 is 1. The Hall–Kier alpha value is -0.730. The quantitative estimate of drug-likeness (QED) is 0.843. The molecule has 2 nitrogen and oxygen atoms in total. The third-order valence-electron chi connectivity index (χ3n) is 3.04. The van der Waals surface area contributed by atoms with Gasteiger partial charge in [-0.25, -0.2) is 0 Å². The molecule has 0 aromatic heterocycles. The van der Waals surface area contributed by atoms with Gasteiger partial charge in [-0.15, -0.1) is 12.4 Å². The molecule has 3 heteroatoms. The van der Waals surface area contributed by atoms with Crippen LogP contribution in [-0.2, 0) is 0 Å². The summed E-state index contributed by atoms with van der Waals surface area (Å²) in [6.07, 6.45) is 3.49. The lowest BCUT2D eigenvalue weighted by Crippen LogP contribution is -2.14. The molecule has 84 valence electrons. The van der Waals surface area contributed by atoms with Gasteiger partial charge in [0.2, 0.25) is 0 Å². The van der Waals surface area contributed by atoms with E-state index in [1.54, 1.807) is 7.11 Å². The van der Waals surface area contributed by atoms with Gasteiger partial charge in [0.25, 0.3) is 0 Å². The second-order valence-electron chi connectivity index (χ2n) is 4.05. The van der Waals surface area contributed by atoms with E-state index in [4.69, 9.17) is 10.5 Å². The van der Waals surface area contributed by atoms with Crippen LogP contribution in [-0.4, -0.2) is 13.2 Å². The van der Waals surface area contributed by atoms with Crippen LogP contribution in [0, 0.1) is 0 Å². The fourth-order valence-electron chi connectivity index (χ4n) is 2.21. The highest BCUT2D eigenvalue weighted by Crippen LogP contribution is 2.34. The molecular weight excluding hydrogens is 210 g/mol. The lowest BCUT2D eigenvalue weighted by molar-refractivity contribution is 0.413. The van der Waals surface area contributed by atoms with E-state index >= 15 is 0 Å². The summed E-state index contributed by atoms with van der Waals surface area (Å²) >= 11 is 0. The Morgan fingerprint density at radius 2 is 2.13 bits per heavy atom. The predicted molar refractivity (Wildman–Crippen MR) is 64.8 cm³/mol. The average Bonchev–Trinajstić information content (AvgIpc) is 2.65. The second-order valence-corrected chi connectivity index (χ2v) is 4.05. The third-order valence-corrected chi connectivity index (χ3v) is 3.04. The van der Waals surface area contributed by atoms with Gasteiger partial charge in [0, 0.05) is 6.04 Å². The molecule has 1 saturated carbocycles. The molecule has 0 bridgehead atoms. The van der Waals surface area contributed by atoms with E-state index in [9.17, 15) is 0 Å². The molecular formula is C12H18ClNO. The molecule has 0 amide bonds. The first kappa shape index (κ1) is 12.3. The summed E-state index contributed by atoms with van der Waals surface area (Å²) in [6.45, 7) is 0. The summed E-state index contributed by atoms with van der Waals surface area (Å²) in [7, 11) is 1.71. The molecule has 1 aromatic rings. The van der Waals surface area contributed by atoms with E-state index in [2.05, 4.69) is 18.2 Å². The normalized spacial score (nSPS) is 24.7. The standard InChI is InChI=1S/C12H17NO.ClH/c1-14-12-4-2-3-9(8-12)10-5-6-11(13)7-10;/h2-4,8,10-11H,5-7,13H2,1H3;1H. The molecule has 2 unspecified atom stereocenters. The van der Waals surface area contributed by atoms with Crippen LogP contribution in [0.3, 0.4) is 0 Å². The molecule has 1 aromatic carbocycles. The summed E-state index contributed by atoms with van der Waals surface area (Å²) < 4.78 is 5.21. The zero-order valence-electron chi connectivity index (χ0n) is 8.98. The Kier molecular flexibility index (Phi) is 4.43. The highest BCUT2D eigenvalue weighted by Gasteiger charge is 2.23. The number of ether oxygens (including phenoxy) is 1. The van der Waals surface area contributed by atoms with Gasteiger partial charge in [-0.05, 0) is 42.9 Å². The average molecular weight is 228 g/mol. The fraction of sp³-hybridized carbons (Fsp3) is 0.500. The largest absolute Gasteiger partial charge is 0.497 e.